The van der Waals surface area contributed by atoms with Gasteiger partial charge < -0.3 is 4.74 Å². The minimum absolute atomic E-state index is 0.113. The van der Waals surface area contributed by atoms with Gasteiger partial charge in [-0.2, -0.15) is 0 Å². The number of thioether (sulfide) groups is 1. The highest BCUT2D eigenvalue weighted by molar-refractivity contribution is 8.00. The van der Waals surface area contributed by atoms with Gasteiger partial charge in [0.05, 0.1) is 0 Å². The molecule has 0 bridgehead atoms. The monoisotopic (exact) mass is 188 g/mol. The zero-order valence-corrected chi connectivity index (χ0v) is 8.69. The highest BCUT2D eigenvalue weighted by Crippen LogP contribution is 2.40. The Morgan fingerprint density at radius 2 is 2.33 bits per heavy atom. The van der Waals surface area contributed by atoms with E-state index in [2.05, 4.69) is 13.8 Å². The second-order valence-electron chi connectivity index (χ2n) is 3.33. The van der Waals surface area contributed by atoms with Gasteiger partial charge in [-0.25, -0.2) is 0 Å². The highest BCUT2D eigenvalue weighted by atomic mass is 32.2. The first-order valence-corrected chi connectivity index (χ1v) is 5.40. The third kappa shape index (κ3) is 2.41. The van der Waals surface area contributed by atoms with Crippen LogP contribution in [0.15, 0.2) is 0 Å². The van der Waals surface area contributed by atoms with E-state index in [1.807, 2.05) is 0 Å². The Kier molecular flexibility index (Phi) is 3.44. The standard InChI is InChI=1S/C9H16O2S/c1-4-8-6(2)5-9(12-8)11-7(3)10/h6,8-9H,4-5H2,1-3H3/t6-,8+,9?/m0/s1. The van der Waals surface area contributed by atoms with E-state index in [0.717, 1.165) is 6.42 Å². The van der Waals surface area contributed by atoms with Crippen LogP contribution in [0.3, 0.4) is 0 Å². The summed E-state index contributed by atoms with van der Waals surface area (Å²) in [6.07, 6.45) is 2.19. The van der Waals surface area contributed by atoms with Gasteiger partial charge >= 0.3 is 5.97 Å². The molecule has 0 aromatic heterocycles. The third-order valence-electron chi connectivity index (χ3n) is 2.23. The molecule has 1 rings (SSSR count). The fourth-order valence-corrected chi connectivity index (χ4v) is 3.17. The van der Waals surface area contributed by atoms with E-state index < -0.39 is 0 Å². The summed E-state index contributed by atoms with van der Waals surface area (Å²) in [5.74, 6) is 0.529. The average molecular weight is 188 g/mol. The summed E-state index contributed by atoms with van der Waals surface area (Å²) in [6, 6.07) is 0. The van der Waals surface area contributed by atoms with Crippen LogP contribution in [0, 0.1) is 5.92 Å². The van der Waals surface area contributed by atoms with Crippen molar-refractivity contribution in [3.05, 3.63) is 0 Å². The van der Waals surface area contributed by atoms with E-state index in [-0.39, 0.29) is 11.4 Å². The van der Waals surface area contributed by atoms with Crippen molar-refractivity contribution in [2.24, 2.45) is 5.92 Å². The van der Waals surface area contributed by atoms with Crippen molar-refractivity contribution < 1.29 is 9.53 Å². The van der Waals surface area contributed by atoms with E-state index in [1.54, 1.807) is 11.8 Å². The van der Waals surface area contributed by atoms with Crippen LogP contribution in [0.4, 0.5) is 0 Å². The fourth-order valence-electron chi connectivity index (χ4n) is 1.60. The SMILES string of the molecule is CC[C@H]1SC(OC(C)=O)C[C@@H]1C. The lowest BCUT2D eigenvalue weighted by molar-refractivity contribution is -0.142. The maximum absolute atomic E-state index is 10.7. The zero-order valence-electron chi connectivity index (χ0n) is 7.87. The summed E-state index contributed by atoms with van der Waals surface area (Å²) in [7, 11) is 0. The predicted octanol–water partition coefficient (Wildman–Crippen LogP) is 2.43. The van der Waals surface area contributed by atoms with Crippen LogP contribution in [0.1, 0.15) is 33.6 Å². The second kappa shape index (κ2) is 4.17. The van der Waals surface area contributed by atoms with Crippen LogP contribution in [0.2, 0.25) is 0 Å². The van der Waals surface area contributed by atoms with Crippen molar-refractivity contribution >= 4 is 17.7 Å². The maximum Gasteiger partial charge on any atom is 0.303 e. The summed E-state index contributed by atoms with van der Waals surface area (Å²) in [5, 5.41) is 0.675. The minimum atomic E-state index is -0.156. The number of rotatable bonds is 2. The van der Waals surface area contributed by atoms with Gasteiger partial charge in [-0.1, -0.05) is 13.8 Å². The molecule has 1 saturated heterocycles. The van der Waals surface area contributed by atoms with Crippen molar-refractivity contribution in [3.8, 4) is 0 Å². The first kappa shape index (κ1) is 9.90. The van der Waals surface area contributed by atoms with Crippen LogP contribution in [-0.4, -0.2) is 16.7 Å². The van der Waals surface area contributed by atoms with E-state index in [1.165, 1.54) is 13.3 Å². The molecule has 70 valence electrons. The van der Waals surface area contributed by atoms with Crippen molar-refractivity contribution in [1.82, 2.24) is 0 Å². The van der Waals surface area contributed by atoms with E-state index in [9.17, 15) is 4.79 Å². The van der Waals surface area contributed by atoms with Gasteiger partial charge in [0.1, 0.15) is 5.44 Å². The van der Waals surface area contributed by atoms with Crippen LogP contribution in [0.5, 0.6) is 0 Å². The number of hydrogen-bond acceptors (Lipinski definition) is 3. The number of esters is 1. The Bertz CT molecular complexity index is 170. The number of hydrogen-bond donors (Lipinski definition) is 0. The molecule has 1 unspecified atom stereocenters. The Morgan fingerprint density at radius 1 is 1.67 bits per heavy atom. The van der Waals surface area contributed by atoms with Crippen LogP contribution in [-0.2, 0) is 9.53 Å². The molecule has 0 aromatic carbocycles. The largest absolute Gasteiger partial charge is 0.451 e. The van der Waals surface area contributed by atoms with Gasteiger partial charge in [0.15, 0.2) is 0 Å². The van der Waals surface area contributed by atoms with Crippen LogP contribution < -0.4 is 0 Å². The van der Waals surface area contributed by atoms with Gasteiger partial charge in [-0.3, -0.25) is 4.79 Å². The Hall–Kier alpha value is -0.180. The molecule has 0 amide bonds. The molecule has 0 aliphatic carbocycles. The molecule has 1 aliphatic heterocycles. The molecule has 1 aliphatic rings. The molecule has 2 nitrogen and oxygen atoms in total. The molecule has 12 heavy (non-hydrogen) atoms. The van der Waals surface area contributed by atoms with Gasteiger partial charge in [0.2, 0.25) is 0 Å². The van der Waals surface area contributed by atoms with E-state index in [4.69, 9.17) is 4.74 Å². The smallest absolute Gasteiger partial charge is 0.303 e. The maximum atomic E-state index is 10.7. The minimum Gasteiger partial charge on any atom is -0.451 e. The summed E-state index contributed by atoms with van der Waals surface area (Å²) in [5.41, 5.74) is 0.113. The lowest BCUT2D eigenvalue weighted by Gasteiger charge is -2.10. The average Bonchev–Trinajstić information content (AvgIpc) is 2.29. The van der Waals surface area contributed by atoms with Gasteiger partial charge in [0, 0.05) is 12.2 Å². The van der Waals surface area contributed by atoms with Gasteiger partial charge in [-0.15, -0.1) is 11.8 Å². The first-order chi connectivity index (χ1) is 5.63. The Morgan fingerprint density at radius 3 is 2.75 bits per heavy atom. The topological polar surface area (TPSA) is 26.3 Å². The lowest BCUT2D eigenvalue weighted by Crippen LogP contribution is -2.09. The molecule has 0 spiro atoms. The van der Waals surface area contributed by atoms with Crippen LogP contribution >= 0.6 is 11.8 Å². The molecule has 1 heterocycles. The predicted molar refractivity (Wildman–Crippen MR) is 51.0 cm³/mol. The fraction of sp³-hybridized carbons (Fsp3) is 0.889. The third-order valence-corrected chi connectivity index (χ3v) is 3.97. The normalized spacial score (nSPS) is 35.1. The van der Waals surface area contributed by atoms with Gasteiger partial charge in [-0.05, 0) is 18.8 Å². The molecule has 3 heteroatoms. The molecule has 1 fully saturated rings. The molecular weight excluding hydrogens is 172 g/mol. The molecule has 0 N–H and O–H groups in total. The molecule has 0 aromatic rings. The molecule has 0 radical (unpaired) electrons. The highest BCUT2D eigenvalue weighted by Gasteiger charge is 2.32. The summed E-state index contributed by atoms with van der Waals surface area (Å²) >= 11 is 1.80. The number of ether oxygens (including phenoxy) is 1. The van der Waals surface area contributed by atoms with Crippen LogP contribution in [0.25, 0.3) is 0 Å². The van der Waals surface area contributed by atoms with Crippen molar-refractivity contribution in [2.45, 2.75) is 44.3 Å². The lowest BCUT2D eigenvalue weighted by atomic mass is 10.0. The summed E-state index contributed by atoms with van der Waals surface area (Å²) in [4.78, 5) is 10.7. The van der Waals surface area contributed by atoms with Gasteiger partial charge in [0.25, 0.3) is 0 Å². The van der Waals surface area contributed by atoms with Crippen molar-refractivity contribution in [2.75, 3.05) is 0 Å². The quantitative estimate of drug-likeness (QED) is 0.622. The Balaban J connectivity index is 2.37. The van der Waals surface area contributed by atoms with Crippen molar-refractivity contribution in [1.29, 1.82) is 0 Å². The van der Waals surface area contributed by atoms with E-state index in [0.29, 0.717) is 11.2 Å². The summed E-state index contributed by atoms with van der Waals surface area (Å²) < 4.78 is 5.14. The molecule has 0 saturated carbocycles. The second-order valence-corrected chi connectivity index (χ2v) is 4.74. The summed E-state index contributed by atoms with van der Waals surface area (Å²) in [6.45, 7) is 5.89. The first-order valence-electron chi connectivity index (χ1n) is 4.46. The molecular formula is C9H16O2S. The Labute approximate surface area is 78.1 Å². The number of carbonyl (C=O) groups excluding carboxylic acids is 1. The van der Waals surface area contributed by atoms with Crippen molar-refractivity contribution in [3.63, 3.8) is 0 Å². The molecule has 3 atom stereocenters. The zero-order chi connectivity index (χ0) is 9.14. The number of carbonyl (C=O) groups is 1. The van der Waals surface area contributed by atoms with E-state index >= 15 is 0 Å².